The monoisotopic (exact) mass is 359 g/mol. The van der Waals surface area contributed by atoms with E-state index in [9.17, 15) is 0 Å². The first-order valence-corrected chi connectivity index (χ1v) is 8.37. The SMILES string of the molecule is Clc1cc2[nH]c(O[C@@H]3CO[C@@H]4CCO[C@@H]43)nc2nc1-c1cncnc1. The highest BCUT2D eigenvalue weighted by atomic mass is 35.5. The second-order valence-corrected chi connectivity index (χ2v) is 6.42. The summed E-state index contributed by atoms with van der Waals surface area (Å²) >= 11 is 6.34. The third kappa shape index (κ3) is 2.62. The molecule has 3 aromatic rings. The van der Waals surface area contributed by atoms with Crippen LogP contribution in [0.1, 0.15) is 6.42 Å². The lowest BCUT2D eigenvalue weighted by Crippen LogP contribution is -2.32. The minimum absolute atomic E-state index is 0.0400. The summed E-state index contributed by atoms with van der Waals surface area (Å²) in [7, 11) is 0. The minimum Gasteiger partial charge on any atom is -0.456 e. The van der Waals surface area contributed by atoms with Gasteiger partial charge < -0.3 is 19.2 Å². The first kappa shape index (κ1) is 15.0. The van der Waals surface area contributed by atoms with Crippen molar-refractivity contribution in [3.63, 3.8) is 0 Å². The van der Waals surface area contributed by atoms with Gasteiger partial charge in [-0.15, -0.1) is 0 Å². The Kier molecular flexibility index (Phi) is 3.54. The van der Waals surface area contributed by atoms with E-state index in [0.717, 1.165) is 12.0 Å². The lowest BCUT2D eigenvalue weighted by atomic mass is 10.1. The van der Waals surface area contributed by atoms with Crippen LogP contribution >= 0.6 is 11.6 Å². The lowest BCUT2D eigenvalue weighted by Gasteiger charge is -2.15. The molecule has 0 aliphatic carbocycles. The molecule has 0 bridgehead atoms. The van der Waals surface area contributed by atoms with Crippen molar-refractivity contribution >= 4 is 22.8 Å². The van der Waals surface area contributed by atoms with Crippen molar-refractivity contribution in [3.8, 4) is 17.3 Å². The summed E-state index contributed by atoms with van der Waals surface area (Å²) in [4.78, 5) is 20.0. The van der Waals surface area contributed by atoms with E-state index in [1.54, 1.807) is 18.5 Å². The highest BCUT2D eigenvalue weighted by molar-refractivity contribution is 6.33. The molecule has 2 aliphatic rings. The maximum atomic E-state index is 6.34. The van der Waals surface area contributed by atoms with Crippen LogP contribution in [0.25, 0.3) is 22.4 Å². The van der Waals surface area contributed by atoms with Gasteiger partial charge in [-0.3, -0.25) is 0 Å². The van der Waals surface area contributed by atoms with Crippen LogP contribution in [0.5, 0.6) is 6.01 Å². The van der Waals surface area contributed by atoms with Crippen molar-refractivity contribution in [3.05, 3.63) is 29.8 Å². The number of halogens is 1. The van der Waals surface area contributed by atoms with E-state index in [2.05, 4.69) is 24.9 Å². The molecule has 0 spiro atoms. The molecule has 0 radical (unpaired) electrons. The number of fused-ring (bicyclic) bond motifs is 2. The van der Waals surface area contributed by atoms with Gasteiger partial charge >= 0.3 is 0 Å². The Morgan fingerprint density at radius 2 is 2.08 bits per heavy atom. The first-order chi connectivity index (χ1) is 12.3. The van der Waals surface area contributed by atoms with Gasteiger partial charge in [-0.2, -0.15) is 4.98 Å². The summed E-state index contributed by atoms with van der Waals surface area (Å²) in [5.74, 6) is 0. The molecule has 1 N–H and O–H groups in total. The van der Waals surface area contributed by atoms with E-state index >= 15 is 0 Å². The molecule has 5 heterocycles. The molecule has 2 aliphatic heterocycles. The Bertz CT molecular complexity index is 919. The molecule has 0 amide bonds. The van der Waals surface area contributed by atoms with E-state index < -0.39 is 0 Å². The molecule has 2 fully saturated rings. The molecule has 128 valence electrons. The van der Waals surface area contributed by atoms with Gasteiger partial charge in [0.1, 0.15) is 12.4 Å². The van der Waals surface area contributed by atoms with E-state index in [1.807, 2.05) is 0 Å². The number of nitrogens with one attached hydrogen (secondary N) is 1. The number of aromatic amines is 1. The van der Waals surface area contributed by atoms with Crippen LogP contribution < -0.4 is 4.74 Å². The number of aromatic nitrogens is 5. The fourth-order valence-corrected chi connectivity index (χ4v) is 3.51. The third-order valence-electron chi connectivity index (χ3n) is 4.42. The van der Waals surface area contributed by atoms with Gasteiger partial charge in [0.05, 0.1) is 28.9 Å². The smallest absolute Gasteiger partial charge is 0.296 e. The molecule has 0 saturated carbocycles. The summed E-state index contributed by atoms with van der Waals surface area (Å²) in [5.41, 5.74) is 2.52. The maximum absolute atomic E-state index is 6.34. The van der Waals surface area contributed by atoms with E-state index in [-0.39, 0.29) is 18.3 Å². The maximum Gasteiger partial charge on any atom is 0.296 e. The molecule has 8 nitrogen and oxygen atoms in total. The van der Waals surface area contributed by atoms with Gasteiger partial charge in [0.15, 0.2) is 11.8 Å². The number of H-pyrrole nitrogens is 1. The Morgan fingerprint density at radius 3 is 2.96 bits per heavy atom. The predicted molar refractivity (Wildman–Crippen MR) is 88.4 cm³/mol. The fraction of sp³-hybridized carbons (Fsp3) is 0.375. The second kappa shape index (κ2) is 5.91. The van der Waals surface area contributed by atoms with Gasteiger partial charge in [-0.05, 0) is 12.5 Å². The summed E-state index contributed by atoms with van der Waals surface area (Å²) in [6.45, 7) is 1.20. The number of hydrogen-bond acceptors (Lipinski definition) is 7. The van der Waals surface area contributed by atoms with Crippen LogP contribution in [0.4, 0.5) is 0 Å². The van der Waals surface area contributed by atoms with Crippen molar-refractivity contribution in [2.45, 2.75) is 24.7 Å². The molecule has 3 atom stereocenters. The largest absolute Gasteiger partial charge is 0.456 e. The van der Waals surface area contributed by atoms with Gasteiger partial charge in [0.2, 0.25) is 0 Å². The van der Waals surface area contributed by atoms with E-state index in [1.165, 1.54) is 6.33 Å². The molecular formula is C16H14ClN5O3. The van der Waals surface area contributed by atoms with Crippen molar-refractivity contribution in [2.75, 3.05) is 13.2 Å². The van der Waals surface area contributed by atoms with Gasteiger partial charge in [-0.1, -0.05) is 11.6 Å². The van der Waals surface area contributed by atoms with Crippen LogP contribution in [0.3, 0.4) is 0 Å². The molecule has 9 heteroatoms. The van der Waals surface area contributed by atoms with E-state index in [4.69, 9.17) is 25.8 Å². The van der Waals surface area contributed by atoms with Crippen molar-refractivity contribution in [1.29, 1.82) is 0 Å². The molecule has 5 rings (SSSR count). The topological polar surface area (TPSA) is 95.0 Å². The van der Waals surface area contributed by atoms with Gasteiger partial charge in [0, 0.05) is 24.6 Å². The molecular weight excluding hydrogens is 346 g/mol. The van der Waals surface area contributed by atoms with Crippen LogP contribution in [0.15, 0.2) is 24.8 Å². The van der Waals surface area contributed by atoms with Crippen molar-refractivity contribution in [1.82, 2.24) is 24.9 Å². The predicted octanol–water partition coefficient (Wildman–Crippen LogP) is 2.00. The molecule has 0 aromatic carbocycles. The highest BCUT2D eigenvalue weighted by Gasteiger charge is 2.43. The third-order valence-corrected chi connectivity index (χ3v) is 4.71. The zero-order valence-corrected chi connectivity index (χ0v) is 13.8. The summed E-state index contributed by atoms with van der Waals surface area (Å²) in [6.07, 6.45) is 5.58. The van der Waals surface area contributed by atoms with Crippen LogP contribution in [0.2, 0.25) is 5.02 Å². The highest BCUT2D eigenvalue weighted by Crippen LogP contribution is 2.31. The average molecular weight is 360 g/mol. The number of hydrogen-bond donors (Lipinski definition) is 1. The standard InChI is InChI=1S/C16H14ClN5O3/c17-9-3-10-15(21-13(9)8-4-18-7-19-5-8)22-16(20-10)25-12-6-24-11-1-2-23-14(11)12/h3-5,7,11-12,14H,1-2,6H2,(H,20,21,22)/t11-,12-,14+/m1/s1. The van der Waals surface area contributed by atoms with Crippen LogP contribution in [0, 0.1) is 0 Å². The van der Waals surface area contributed by atoms with Crippen molar-refractivity contribution in [2.24, 2.45) is 0 Å². The normalized spacial score (nSPS) is 25.4. The van der Waals surface area contributed by atoms with Gasteiger partial charge in [0.25, 0.3) is 6.01 Å². The molecule has 3 aromatic heterocycles. The number of imidazole rings is 1. The molecule has 25 heavy (non-hydrogen) atoms. The molecule has 2 saturated heterocycles. The average Bonchev–Trinajstić information content (AvgIpc) is 3.32. The van der Waals surface area contributed by atoms with Crippen molar-refractivity contribution < 1.29 is 14.2 Å². The van der Waals surface area contributed by atoms with E-state index in [0.29, 0.717) is 41.1 Å². The number of ether oxygens (including phenoxy) is 3. The lowest BCUT2D eigenvalue weighted by molar-refractivity contribution is 0.0273. The zero-order chi connectivity index (χ0) is 16.8. The minimum atomic E-state index is -0.175. The summed E-state index contributed by atoms with van der Waals surface area (Å²) < 4.78 is 17.3. The van der Waals surface area contributed by atoms with Gasteiger partial charge in [-0.25, -0.2) is 15.0 Å². The zero-order valence-electron chi connectivity index (χ0n) is 13.1. The van der Waals surface area contributed by atoms with Crippen LogP contribution in [-0.2, 0) is 9.47 Å². The quantitative estimate of drug-likeness (QED) is 0.764. The summed E-state index contributed by atoms with van der Waals surface area (Å²) in [6, 6.07) is 2.15. The Labute approximate surface area is 147 Å². The van der Waals surface area contributed by atoms with Crippen LogP contribution in [-0.4, -0.2) is 56.4 Å². The Hall–Kier alpha value is -2.29. The first-order valence-electron chi connectivity index (χ1n) is 7.99. The fourth-order valence-electron chi connectivity index (χ4n) is 3.25. The second-order valence-electron chi connectivity index (χ2n) is 6.01. The number of pyridine rings is 1. The summed E-state index contributed by atoms with van der Waals surface area (Å²) in [5, 5.41) is 0.487. The number of rotatable bonds is 3. The number of nitrogens with zero attached hydrogens (tertiary/aromatic N) is 4. The Morgan fingerprint density at radius 1 is 1.20 bits per heavy atom. The molecule has 0 unspecified atom stereocenters. The Balaban J connectivity index is 1.46.